The van der Waals surface area contributed by atoms with Gasteiger partial charge < -0.3 is 19.7 Å². The highest BCUT2D eigenvalue weighted by Crippen LogP contribution is 2.73. The van der Waals surface area contributed by atoms with Gasteiger partial charge in [0.15, 0.2) is 17.2 Å². The van der Waals surface area contributed by atoms with E-state index in [9.17, 15) is 15.0 Å². The molecule has 0 aromatic carbocycles. The largest absolute Gasteiger partial charge is 0.392 e. The van der Waals surface area contributed by atoms with E-state index in [2.05, 4.69) is 6.58 Å². The number of hydrogen-bond donors (Lipinski definition) is 2. The van der Waals surface area contributed by atoms with Crippen molar-refractivity contribution in [3.05, 3.63) is 36.0 Å². The van der Waals surface area contributed by atoms with Crippen molar-refractivity contribution in [2.24, 2.45) is 22.7 Å². The predicted molar refractivity (Wildman–Crippen MR) is 113 cm³/mol. The minimum Gasteiger partial charge on any atom is -0.392 e. The molecule has 0 bridgehead atoms. The van der Waals surface area contributed by atoms with Gasteiger partial charge in [-0.1, -0.05) is 25.2 Å². The van der Waals surface area contributed by atoms with Crippen LogP contribution in [-0.4, -0.2) is 51.9 Å². The van der Waals surface area contributed by atoms with Gasteiger partial charge in [0.25, 0.3) is 0 Å². The summed E-state index contributed by atoms with van der Waals surface area (Å²) in [5.74, 6) is -1.52. The van der Waals surface area contributed by atoms with Crippen LogP contribution in [0.15, 0.2) is 36.0 Å². The average molecular weight is 433 g/mol. The van der Waals surface area contributed by atoms with Gasteiger partial charge in [0, 0.05) is 16.7 Å². The second-order valence-electron chi connectivity index (χ2n) is 11.1. The van der Waals surface area contributed by atoms with Crippen LogP contribution < -0.4 is 0 Å². The van der Waals surface area contributed by atoms with Gasteiger partial charge in [0.2, 0.25) is 0 Å². The van der Waals surface area contributed by atoms with Crippen molar-refractivity contribution in [1.29, 1.82) is 0 Å². The Hall–Kier alpha value is -1.34. The molecule has 3 saturated carbocycles. The van der Waals surface area contributed by atoms with E-state index in [1.807, 2.05) is 27.7 Å². The molecule has 4 fully saturated rings. The van der Waals surface area contributed by atoms with Crippen molar-refractivity contribution in [1.82, 2.24) is 0 Å². The molecule has 8 atom stereocenters. The van der Waals surface area contributed by atoms with Crippen molar-refractivity contribution in [3.63, 3.8) is 0 Å². The van der Waals surface area contributed by atoms with Gasteiger partial charge in [-0.15, -0.1) is 0 Å². The molecule has 4 aliphatic carbocycles. The number of ketones is 1. The second kappa shape index (κ2) is 6.16. The first-order valence-corrected chi connectivity index (χ1v) is 11.3. The number of fused-ring (bicyclic) bond motifs is 7. The smallest absolute Gasteiger partial charge is 0.178 e. The van der Waals surface area contributed by atoms with Gasteiger partial charge in [-0.3, -0.25) is 4.79 Å². The lowest BCUT2D eigenvalue weighted by Gasteiger charge is -2.63. The Kier molecular flexibility index (Phi) is 4.27. The summed E-state index contributed by atoms with van der Waals surface area (Å²) >= 11 is 0. The number of alkyl halides is 1. The molecule has 170 valence electrons. The Morgan fingerprint density at radius 3 is 2.68 bits per heavy atom. The standard InChI is InChI=1S/C25H33FO5/c1-14(13-27)25-20(30-21(2,3)31-25)11-18-17-7-6-15-10-16(28)8-9-22(15,4)24(17,26)19(29)12-23(18,25)5/h8-10,17-20,27,29H,1,6-7,11-13H2,2-5H3/t17-,18?,19-,20?,22-,23-,24-,25?/m0/s1. The van der Waals surface area contributed by atoms with Crippen molar-refractivity contribution >= 4 is 5.78 Å². The zero-order chi connectivity index (χ0) is 22.6. The van der Waals surface area contributed by atoms with Gasteiger partial charge >= 0.3 is 0 Å². The highest BCUT2D eigenvalue weighted by molar-refractivity contribution is 6.01. The number of ether oxygens (including phenoxy) is 2. The molecule has 31 heavy (non-hydrogen) atoms. The molecule has 1 aliphatic heterocycles. The Bertz CT molecular complexity index is 923. The topological polar surface area (TPSA) is 76.0 Å². The molecule has 3 unspecified atom stereocenters. The van der Waals surface area contributed by atoms with Crippen LogP contribution in [0.4, 0.5) is 4.39 Å². The molecule has 0 radical (unpaired) electrons. The highest BCUT2D eigenvalue weighted by Gasteiger charge is 2.78. The van der Waals surface area contributed by atoms with Gasteiger partial charge in [0.1, 0.15) is 5.60 Å². The molecule has 1 heterocycles. The molecule has 0 aromatic heterocycles. The molecular formula is C25H33FO5. The maximum Gasteiger partial charge on any atom is 0.178 e. The van der Waals surface area contributed by atoms with Crippen molar-refractivity contribution in [2.45, 2.75) is 82.6 Å². The van der Waals surface area contributed by atoms with Crippen LogP contribution in [0.1, 0.15) is 53.4 Å². The molecule has 6 heteroatoms. The summed E-state index contributed by atoms with van der Waals surface area (Å²) in [6.07, 6.45) is 4.95. The fraction of sp³-hybridized carbons (Fsp3) is 0.720. The molecular weight excluding hydrogens is 399 g/mol. The lowest BCUT2D eigenvalue weighted by molar-refractivity contribution is -0.242. The quantitative estimate of drug-likeness (QED) is 0.654. The van der Waals surface area contributed by atoms with Gasteiger partial charge in [-0.05, 0) is 70.1 Å². The van der Waals surface area contributed by atoms with Crippen LogP contribution in [0.5, 0.6) is 0 Å². The summed E-state index contributed by atoms with van der Waals surface area (Å²) in [5, 5.41) is 21.5. The predicted octanol–water partition coefficient (Wildman–Crippen LogP) is 3.41. The summed E-state index contributed by atoms with van der Waals surface area (Å²) in [7, 11) is 0. The summed E-state index contributed by atoms with van der Waals surface area (Å²) in [5.41, 5.74) is -3.25. The Labute approximate surface area is 183 Å². The van der Waals surface area contributed by atoms with Gasteiger partial charge in [-0.25, -0.2) is 4.39 Å². The van der Waals surface area contributed by atoms with E-state index in [1.165, 1.54) is 6.08 Å². The lowest BCUT2D eigenvalue weighted by atomic mass is 9.44. The monoisotopic (exact) mass is 432 g/mol. The number of hydrogen-bond acceptors (Lipinski definition) is 5. The number of allylic oxidation sites excluding steroid dienone is 4. The summed E-state index contributed by atoms with van der Waals surface area (Å²) < 4.78 is 30.0. The normalized spacial score (nSPS) is 52.1. The zero-order valence-electron chi connectivity index (χ0n) is 18.8. The van der Waals surface area contributed by atoms with Gasteiger partial charge in [0.05, 0.1) is 18.8 Å². The van der Waals surface area contributed by atoms with E-state index in [1.54, 1.807) is 12.2 Å². The fourth-order valence-corrected chi connectivity index (χ4v) is 8.07. The number of aliphatic hydroxyl groups excluding tert-OH is 2. The van der Waals surface area contributed by atoms with Crippen molar-refractivity contribution in [2.75, 3.05) is 6.61 Å². The molecule has 5 aliphatic rings. The van der Waals surface area contributed by atoms with Crippen LogP contribution in [0.2, 0.25) is 0 Å². The first-order chi connectivity index (χ1) is 14.4. The van der Waals surface area contributed by atoms with Crippen molar-refractivity contribution in [3.8, 4) is 0 Å². The molecule has 0 spiro atoms. The fourth-order valence-electron chi connectivity index (χ4n) is 8.07. The number of carbonyl (C=O) groups excluding carboxylic acids is 1. The summed E-state index contributed by atoms with van der Waals surface area (Å²) in [6.45, 7) is 11.4. The Morgan fingerprint density at radius 1 is 1.29 bits per heavy atom. The maximum absolute atomic E-state index is 17.2. The first-order valence-electron chi connectivity index (χ1n) is 11.3. The van der Waals surface area contributed by atoms with E-state index < -0.39 is 39.9 Å². The third-order valence-electron chi connectivity index (χ3n) is 9.35. The molecule has 5 nitrogen and oxygen atoms in total. The Balaban J connectivity index is 1.64. The minimum absolute atomic E-state index is 0.116. The van der Waals surface area contributed by atoms with Crippen LogP contribution in [-0.2, 0) is 14.3 Å². The summed E-state index contributed by atoms with van der Waals surface area (Å²) in [6, 6.07) is 0. The SMILES string of the molecule is C=C(CO)C12OC(C)(C)OC1CC1[C@@H]3CCC4=CC(=O)C=C[C@]4(C)[C@@]3(F)[C@@H](O)C[C@@]12C. The molecule has 0 aromatic rings. The lowest BCUT2D eigenvalue weighted by Crippen LogP contribution is -2.69. The van der Waals surface area contributed by atoms with E-state index in [0.717, 1.165) is 5.57 Å². The van der Waals surface area contributed by atoms with E-state index in [-0.39, 0.29) is 30.8 Å². The van der Waals surface area contributed by atoms with E-state index in [4.69, 9.17) is 9.47 Å². The second-order valence-corrected chi connectivity index (χ2v) is 11.1. The van der Waals surface area contributed by atoms with Crippen LogP contribution in [0, 0.1) is 22.7 Å². The minimum atomic E-state index is -1.89. The molecule has 2 N–H and O–H groups in total. The number of carbonyl (C=O) groups is 1. The van der Waals surface area contributed by atoms with Crippen LogP contribution >= 0.6 is 0 Å². The highest BCUT2D eigenvalue weighted by atomic mass is 19.1. The van der Waals surface area contributed by atoms with Gasteiger partial charge in [-0.2, -0.15) is 0 Å². The Morgan fingerprint density at radius 2 is 2.00 bits per heavy atom. The van der Waals surface area contributed by atoms with Crippen LogP contribution in [0.3, 0.4) is 0 Å². The first kappa shape index (κ1) is 21.5. The maximum atomic E-state index is 17.2. The third kappa shape index (κ3) is 2.32. The zero-order valence-corrected chi connectivity index (χ0v) is 18.8. The molecule has 5 rings (SSSR count). The third-order valence-corrected chi connectivity index (χ3v) is 9.35. The average Bonchev–Trinajstić information content (AvgIpc) is 3.09. The number of rotatable bonds is 2. The summed E-state index contributed by atoms with van der Waals surface area (Å²) in [4.78, 5) is 12.0. The number of aliphatic hydroxyl groups is 2. The van der Waals surface area contributed by atoms with E-state index in [0.29, 0.717) is 24.8 Å². The molecule has 0 amide bonds. The van der Waals surface area contributed by atoms with E-state index >= 15 is 4.39 Å². The van der Waals surface area contributed by atoms with Crippen molar-refractivity contribution < 1.29 is 28.9 Å². The number of halogens is 1. The molecule has 1 saturated heterocycles. The van der Waals surface area contributed by atoms with Crippen LogP contribution in [0.25, 0.3) is 0 Å².